The summed E-state index contributed by atoms with van der Waals surface area (Å²) >= 11 is 0. The minimum atomic E-state index is -0.263. The lowest BCUT2D eigenvalue weighted by Crippen LogP contribution is -1.93. The maximum Gasteiger partial charge on any atom is 0.123 e. The molecule has 0 aliphatic heterocycles. The summed E-state index contributed by atoms with van der Waals surface area (Å²) in [7, 11) is 0. The van der Waals surface area contributed by atoms with Gasteiger partial charge in [-0.1, -0.05) is 42.2 Å². The summed E-state index contributed by atoms with van der Waals surface area (Å²) < 4.78 is 14.6. The molecule has 0 fully saturated rings. The van der Waals surface area contributed by atoms with Crippen molar-refractivity contribution in [3.05, 3.63) is 96.1 Å². The van der Waals surface area contributed by atoms with E-state index in [9.17, 15) is 4.39 Å². The van der Waals surface area contributed by atoms with Crippen molar-refractivity contribution in [1.82, 2.24) is 9.78 Å². The Labute approximate surface area is 128 Å². The normalized spacial score (nSPS) is 19.8. The summed E-state index contributed by atoms with van der Waals surface area (Å²) in [6.07, 6.45) is 17.2. The summed E-state index contributed by atoms with van der Waals surface area (Å²) in [5.74, 6) is 5.92. The van der Waals surface area contributed by atoms with Gasteiger partial charge in [-0.05, 0) is 36.4 Å². The molecule has 2 aromatic rings. The van der Waals surface area contributed by atoms with Gasteiger partial charge in [-0.25, -0.2) is 9.07 Å². The molecule has 1 aromatic heterocycles. The van der Waals surface area contributed by atoms with Gasteiger partial charge in [-0.2, -0.15) is 5.10 Å². The minimum absolute atomic E-state index is 0.263. The molecule has 0 amide bonds. The van der Waals surface area contributed by atoms with Crippen molar-refractivity contribution >= 4 is 0 Å². The van der Waals surface area contributed by atoms with Gasteiger partial charge >= 0.3 is 0 Å². The monoisotopic (exact) mass is 288 g/mol. The predicted molar refractivity (Wildman–Crippen MR) is 85.9 cm³/mol. The zero-order valence-electron chi connectivity index (χ0n) is 11.8. The topological polar surface area (TPSA) is 17.8 Å². The fourth-order valence-corrected chi connectivity index (χ4v) is 1.92. The molecule has 0 N–H and O–H groups in total. The average molecular weight is 288 g/mol. The van der Waals surface area contributed by atoms with Crippen molar-refractivity contribution < 1.29 is 4.39 Å². The lowest BCUT2D eigenvalue weighted by molar-refractivity contribution is 0.627. The van der Waals surface area contributed by atoms with Crippen LogP contribution in [0.1, 0.15) is 5.56 Å². The first-order chi connectivity index (χ1) is 10.8. The molecular weight excluding hydrogens is 275 g/mol. The number of hydrogen-bond donors (Lipinski definition) is 0. The molecule has 1 heterocycles. The van der Waals surface area contributed by atoms with Crippen molar-refractivity contribution in [3.8, 4) is 17.5 Å². The minimum Gasteiger partial charge on any atom is -0.240 e. The average Bonchev–Trinajstić information content (AvgIpc) is 2.96. The Morgan fingerprint density at radius 3 is 2.55 bits per heavy atom. The van der Waals surface area contributed by atoms with Crippen LogP contribution in [0.5, 0.6) is 0 Å². The van der Waals surface area contributed by atoms with Crippen LogP contribution in [-0.4, -0.2) is 9.78 Å². The van der Waals surface area contributed by atoms with Gasteiger partial charge in [0.15, 0.2) is 0 Å². The molecule has 1 aliphatic carbocycles. The van der Waals surface area contributed by atoms with Crippen LogP contribution in [0.3, 0.4) is 0 Å². The zero-order chi connectivity index (χ0) is 15.2. The van der Waals surface area contributed by atoms with Crippen LogP contribution in [0.15, 0.2) is 84.8 Å². The summed E-state index contributed by atoms with van der Waals surface area (Å²) in [6, 6.07) is 6.17. The van der Waals surface area contributed by atoms with Gasteiger partial charge in [-0.15, -0.1) is 0 Å². The molecule has 22 heavy (non-hydrogen) atoms. The Hall–Kier alpha value is -3.12. The quantitative estimate of drug-likeness (QED) is 0.726. The van der Waals surface area contributed by atoms with E-state index in [1.54, 1.807) is 23.0 Å². The maximum absolute atomic E-state index is 12.9. The number of hydrogen-bond acceptors (Lipinski definition) is 1. The first kappa shape index (κ1) is 13.8. The Morgan fingerprint density at radius 1 is 0.909 bits per heavy atom. The SMILES string of the molecule is Fc1ccc(-n2cc(C#CC3=C/C=C\C=C\C=C\3)cn2)cc1. The highest BCUT2D eigenvalue weighted by molar-refractivity contribution is 5.47. The van der Waals surface area contributed by atoms with E-state index in [1.807, 2.05) is 48.7 Å². The highest BCUT2D eigenvalue weighted by Crippen LogP contribution is 2.09. The van der Waals surface area contributed by atoms with E-state index in [4.69, 9.17) is 0 Å². The van der Waals surface area contributed by atoms with Gasteiger partial charge in [0.05, 0.1) is 17.4 Å². The second-order valence-electron chi connectivity index (χ2n) is 4.65. The van der Waals surface area contributed by atoms with E-state index in [0.29, 0.717) is 0 Å². The van der Waals surface area contributed by atoms with Gasteiger partial charge in [0, 0.05) is 11.8 Å². The van der Waals surface area contributed by atoms with Gasteiger partial charge in [0.1, 0.15) is 5.82 Å². The molecule has 106 valence electrons. The van der Waals surface area contributed by atoms with Crippen LogP contribution in [0, 0.1) is 17.7 Å². The maximum atomic E-state index is 12.9. The lowest BCUT2D eigenvalue weighted by Gasteiger charge is -1.99. The summed E-state index contributed by atoms with van der Waals surface area (Å²) in [6.45, 7) is 0. The van der Waals surface area contributed by atoms with Crippen molar-refractivity contribution in [2.75, 3.05) is 0 Å². The van der Waals surface area contributed by atoms with E-state index in [-0.39, 0.29) is 5.82 Å². The first-order valence-electron chi connectivity index (χ1n) is 6.86. The van der Waals surface area contributed by atoms with Gasteiger partial charge in [0.25, 0.3) is 0 Å². The second-order valence-corrected chi connectivity index (χ2v) is 4.65. The fraction of sp³-hybridized carbons (Fsp3) is 0. The highest BCUT2D eigenvalue weighted by Gasteiger charge is 1.99. The molecule has 0 radical (unpaired) electrons. The Balaban J connectivity index is 1.80. The van der Waals surface area contributed by atoms with Gasteiger partial charge < -0.3 is 0 Å². The van der Waals surface area contributed by atoms with Crippen molar-refractivity contribution in [2.24, 2.45) is 0 Å². The van der Waals surface area contributed by atoms with Crippen LogP contribution < -0.4 is 0 Å². The smallest absolute Gasteiger partial charge is 0.123 e. The summed E-state index contributed by atoms with van der Waals surface area (Å²) in [5, 5.41) is 4.24. The van der Waals surface area contributed by atoms with Crippen LogP contribution in [0.4, 0.5) is 4.39 Å². The molecule has 2 nitrogen and oxygen atoms in total. The standard InChI is InChI=1S/C19H13FN2/c20-18-10-12-19(13-11-18)22-15-17(14-21-22)9-8-16-6-4-2-1-3-5-7-16/h1-7,10-15H/b2-1+,3-1?,4-2?,5-3-,6-4+,7-5?,16-6?,16-7+. The molecule has 0 saturated heterocycles. The molecule has 0 unspecified atom stereocenters. The number of allylic oxidation sites excluding steroid dienone is 8. The first-order valence-corrected chi connectivity index (χ1v) is 6.86. The number of rotatable bonds is 1. The number of aromatic nitrogens is 2. The second kappa shape index (κ2) is 6.55. The molecule has 3 heteroatoms. The highest BCUT2D eigenvalue weighted by atomic mass is 19.1. The molecular formula is C19H13FN2. The molecule has 1 aromatic carbocycles. The van der Waals surface area contributed by atoms with E-state index >= 15 is 0 Å². The van der Waals surface area contributed by atoms with Crippen molar-refractivity contribution in [1.29, 1.82) is 0 Å². The Bertz CT molecular complexity index is 838. The van der Waals surface area contributed by atoms with E-state index in [1.165, 1.54) is 12.1 Å². The lowest BCUT2D eigenvalue weighted by atomic mass is 10.2. The molecule has 0 bridgehead atoms. The van der Waals surface area contributed by atoms with Crippen LogP contribution >= 0.6 is 0 Å². The van der Waals surface area contributed by atoms with Crippen LogP contribution in [-0.2, 0) is 0 Å². The molecule has 0 saturated carbocycles. The number of halogens is 1. The van der Waals surface area contributed by atoms with Crippen LogP contribution in [0.2, 0.25) is 0 Å². The Kier molecular flexibility index (Phi) is 4.12. The molecule has 3 rings (SSSR count). The van der Waals surface area contributed by atoms with E-state index < -0.39 is 0 Å². The third-order valence-electron chi connectivity index (χ3n) is 3.02. The van der Waals surface area contributed by atoms with Crippen molar-refractivity contribution in [2.45, 2.75) is 0 Å². The molecule has 0 atom stereocenters. The number of nitrogens with zero attached hydrogens (tertiary/aromatic N) is 2. The predicted octanol–water partition coefficient (Wildman–Crippen LogP) is 3.97. The van der Waals surface area contributed by atoms with Gasteiger partial charge in [-0.3, -0.25) is 0 Å². The third kappa shape index (κ3) is 3.50. The third-order valence-corrected chi connectivity index (χ3v) is 3.02. The fourth-order valence-electron chi connectivity index (χ4n) is 1.92. The van der Waals surface area contributed by atoms with Crippen molar-refractivity contribution in [3.63, 3.8) is 0 Å². The summed E-state index contributed by atoms with van der Waals surface area (Å²) in [5.41, 5.74) is 2.53. The largest absolute Gasteiger partial charge is 0.240 e. The van der Waals surface area contributed by atoms with E-state index in [2.05, 4.69) is 16.9 Å². The number of benzene rings is 1. The van der Waals surface area contributed by atoms with Gasteiger partial charge in [0.2, 0.25) is 0 Å². The van der Waals surface area contributed by atoms with E-state index in [0.717, 1.165) is 16.8 Å². The van der Waals surface area contributed by atoms with Crippen LogP contribution in [0.25, 0.3) is 5.69 Å². The summed E-state index contributed by atoms with van der Waals surface area (Å²) in [4.78, 5) is 0. The molecule has 0 spiro atoms. The zero-order valence-corrected chi connectivity index (χ0v) is 11.8. The molecule has 1 aliphatic rings. The Morgan fingerprint density at radius 2 is 1.68 bits per heavy atom.